The molecule has 0 bridgehead atoms. The summed E-state index contributed by atoms with van der Waals surface area (Å²) in [6.07, 6.45) is 1.70. The Kier molecular flexibility index (Phi) is 6.57. The van der Waals surface area contributed by atoms with Crippen LogP contribution in [-0.4, -0.2) is 9.97 Å². The van der Waals surface area contributed by atoms with Gasteiger partial charge in [-0.15, -0.1) is 0 Å². The molecule has 0 unspecified atom stereocenters. The quantitative estimate of drug-likeness (QED) is 0.209. The van der Waals surface area contributed by atoms with Gasteiger partial charge in [0.05, 0.1) is 11.0 Å². The Hall–Kier alpha value is -5.48. The molecule has 0 amide bonds. The molecule has 7 aromatic rings. The van der Waals surface area contributed by atoms with Crippen molar-refractivity contribution < 1.29 is 0 Å². The molecule has 0 aliphatic carbocycles. The predicted molar refractivity (Wildman–Crippen MR) is 172 cm³/mol. The summed E-state index contributed by atoms with van der Waals surface area (Å²) in [5.74, 6) is 0. The van der Waals surface area contributed by atoms with Gasteiger partial charge in [-0.25, -0.2) is 0 Å². The van der Waals surface area contributed by atoms with Crippen molar-refractivity contribution in [2.75, 3.05) is 0 Å². The molecule has 0 aliphatic heterocycles. The molecule has 2 heterocycles. The average Bonchev–Trinajstić information content (AvgIpc) is 3.02. The maximum absolute atomic E-state index is 13.2. The van der Waals surface area contributed by atoms with E-state index in [9.17, 15) is 9.59 Å². The second-order valence-corrected chi connectivity index (χ2v) is 10.8. The number of fused-ring (bicyclic) bond motifs is 2. The second-order valence-electron chi connectivity index (χ2n) is 10.8. The zero-order valence-electron chi connectivity index (χ0n) is 22.9. The highest BCUT2D eigenvalue weighted by atomic mass is 16.1. The molecule has 2 aromatic heterocycles. The molecular weight excluding hydrogens is 516 g/mol. The third-order valence-electron chi connectivity index (χ3n) is 7.81. The lowest BCUT2D eigenvalue weighted by Crippen LogP contribution is -2.07. The van der Waals surface area contributed by atoms with Gasteiger partial charge in [-0.05, 0) is 58.4 Å². The standard InChI is InChI=1S/C38H28N2O2/c41-37-23-33(29-15-11-27(12-16-29)19-25-7-3-1-4-8-25)39-35-21-32-36(22-31(35)37)40-34(24-38(32)42)30-17-13-28(14-18-30)20-26-9-5-2-6-10-26/h1-18,21-24H,19-20H2,(H,39,41)(H,40,42). The van der Waals surface area contributed by atoms with E-state index >= 15 is 0 Å². The summed E-state index contributed by atoms with van der Waals surface area (Å²) >= 11 is 0. The van der Waals surface area contributed by atoms with Gasteiger partial charge in [-0.2, -0.15) is 0 Å². The first kappa shape index (κ1) is 25.5. The molecular formula is C38H28N2O2. The first-order valence-corrected chi connectivity index (χ1v) is 14.1. The molecule has 0 fully saturated rings. The van der Waals surface area contributed by atoms with E-state index in [2.05, 4.69) is 58.5 Å². The van der Waals surface area contributed by atoms with E-state index in [4.69, 9.17) is 0 Å². The van der Waals surface area contributed by atoms with Crippen LogP contribution in [0.15, 0.2) is 143 Å². The van der Waals surface area contributed by atoms with Crippen LogP contribution in [0.2, 0.25) is 0 Å². The number of nitrogens with one attached hydrogen (secondary N) is 2. The highest BCUT2D eigenvalue weighted by molar-refractivity contribution is 5.96. The molecule has 42 heavy (non-hydrogen) atoms. The number of hydrogen-bond donors (Lipinski definition) is 2. The van der Waals surface area contributed by atoms with Crippen LogP contribution in [0.1, 0.15) is 22.3 Å². The smallest absolute Gasteiger partial charge is 0.190 e. The van der Waals surface area contributed by atoms with Crippen molar-refractivity contribution in [1.29, 1.82) is 0 Å². The van der Waals surface area contributed by atoms with Crippen molar-refractivity contribution >= 4 is 21.8 Å². The lowest BCUT2D eigenvalue weighted by atomic mass is 10.0. The van der Waals surface area contributed by atoms with Crippen LogP contribution in [0.5, 0.6) is 0 Å². The van der Waals surface area contributed by atoms with Crippen LogP contribution in [-0.2, 0) is 12.8 Å². The lowest BCUT2D eigenvalue weighted by Gasteiger charge is -2.09. The van der Waals surface area contributed by atoms with Crippen LogP contribution in [0.4, 0.5) is 0 Å². The molecule has 0 spiro atoms. The summed E-state index contributed by atoms with van der Waals surface area (Å²) in [6.45, 7) is 0. The summed E-state index contributed by atoms with van der Waals surface area (Å²) < 4.78 is 0. The SMILES string of the molecule is O=c1cc(-c2ccc(Cc3ccccc3)cc2)[nH]c2cc3c(=O)cc(-c4ccc(Cc5ccccc5)cc4)[nH]c3cc12. The summed E-state index contributed by atoms with van der Waals surface area (Å²) in [5.41, 5.74) is 9.30. The third-order valence-corrected chi connectivity index (χ3v) is 7.81. The maximum atomic E-state index is 13.2. The predicted octanol–water partition coefficient (Wildman–Crippen LogP) is 7.89. The number of pyridine rings is 2. The molecule has 0 aliphatic rings. The number of benzene rings is 5. The van der Waals surface area contributed by atoms with E-state index in [0.717, 1.165) is 35.4 Å². The van der Waals surface area contributed by atoms with Crippen LogP contribution in [0.25, 0.3) is 44.3 Å². The molecule has 0 saturated carbocycles. The van der Waals surface area contributed by atoms with Crippen LogP contribution in [0.3, 0.4) is 0 Å². The van der Waals surface area contributed by atoms with Crippen molar-refractivity contribution in [3.8, 4) is 22.5 Å². The zero-order valence-corrected chi connectivity index (χ0v) is 22.9. The van der Waals surface area contributed by atoms with Crippen molar-refractivity contribution in [3.63, 3.8) is 0 Å². The highest BCUT2D eigenvalue weighted by Crippen LogP contribution is 2.25. The van der Waals surface area contributed by atoms with Gasteiger partial charge in [0, 0.05) is 34.3 Å². The van der Waals surface area contributed by atoms with Crippen molar-refractivity contribution in [1.82, 2.24) is 9.97 Å². The van der Waals surface area contributed by atoms with Gasteiger partial charge in [0.25, 0.3) is 0 Å². The summed E-state index contributed by atoms with van der Waals surface area (Å²) in [5, 5.41) is 1.08. The fourth-order valence-corrected chi connectivity index (χ4v) is 5.57. The minimum Gasteiger partial charge on any atom is -0.354 e. The molecule has 7 rings (SSSR count). The fraction of sp³-hybridized carbons (Fsp3) is 0.0526. The maximum Gasteiger partial charge on any atom is 0.190 e. The molecule has 5 aromatic carbocycles. The number of aromatic amines is 2. The van der Waals surface area contributed by atoms with Gasteiger partial charge >= 0.3 is 0 Å². The van der Waals surface area contributed by atoms with Gasteiger partial charge in [-0.1, -0.05) is 109 Å². The monoisotopic (exact) mass is 544 g/mol. The van der Waals surface area contributed by atoms with E-state index in [-0.39, 0.29) is 10.9 Å². The largest absolute Gasteiger partial charge is 0.354 e. The Labute approximate surface area is 243 Å². The molecule has 2 N–H and O–H groups in total. The zero-order chi connectivity index (χ0) is 28.5. The topological polar surface area (TPSA) is 65.7 Å². The molecule has 0 saturated heterocycles. The number of H-pyrrole nitrogens is 2. The normalized spacial score (nSPS) is 11.2. The first-order chi connectivity index (χ1) is 20.6. The summed E-state index contributed by atoms with van der Waals surface area (Å²) in [7, 11) is 0. The first-order valence-electron chi connectivity index (χ1n) is 14.1. The number of aromatic nitrogens is 2. The van der Waals surface area contributed by atoms with Crippen LogP contribution >= 0.6 is 0 Å². The van der Waals surface area contributed by atoms with E-state index in [0.29, 0.717) is 21.8 Å². The molecule has 4 nitrogen and oxygen atoms in total. The van der Waals surface area contributed by atoms with E-state index in [1.807, 2.05) is 60.7 Å². The van der Waals surface area contributed by atoms with E-state index < -0.39 is 0 Å². The summed E-state index contributed by atoms with van der Waals surface area (Å²) in [6, 6.07) is 44.0. The number of rotatable bonds is 6. The average molecular weight is 545 g/mol. The van der Waals surface area contributed by atoms with Crippen LogP contribution < -0.4 is 10.9 Å². The Morgan fingerprint density at radius 1 is 0.405 bits per heavy atom. The van der Waals surface area contributed by atoms with E-state index in [1.54, 1.807) is 24.3 Å². The van der Waals surface area contributed by atoms with E-state index in [1.165, 1.54) is 22.3 Å². The molecule has 0 radical (unpaired) electrons. The van der Waals surface area contributed by atoms with Gasteiger partial charge in [0.15, 0.2) is 10.9 Å². The van der Waals surface area contributed by atoms with Gasteiger partial charge in [-0.3, -0.25) is 9.59 Å². The Morgan fingerprint density at radius 3 is 1.14 bits per heavy atom. The lowest BCUT2D eigenvalue weighted by molar-refractivity contribution is 1.19. The van der Waals surface area contributed by atoms with Gasteiger partial charge < -0.3 is 9.97 Å². The van der Waals surface area contributed by atoms with Crippen molar-refractivity contribution in [2.24, 2.45) is 0 Å². The van der Waals surface area contributed by atoms with Crippen molar-refractivity contribution in [2.45, 2.75) is 12.8 Å². The fourth-order valence-electron chi connectivity index (χ4n) is 5.57. The minimum atomic E-state index is -0.0921. The highest BCUT2D eigenvalue weighted by Gasteiger charge is 2.11. The van der Waals surface area contributed by atoms with Crippen molar-refractivity contribution in [3.05, 3.63) is 176 Å². The number of hydrogen-bond acceptors (Lipinski definition) is 2. The Morgan fingerprint density at radius 2 is 0.762 bits per heavy atom. The second kappa shape index (κ2) is 10.8. The minimum absolute atomic E-state index is 0.0921. The molecule has 202 valence electrons. The summed E-state index contributed by atoms with van der Waals surface area (Å²) in [4.78, 5) is 33.3. The Balaban J connectivity index is 1.19. The van der Waals surface area contributed by atoms with Gasteiger partial charge in [0.2, 0.25) is 0 Å². The van der Waals surface area contributed by atoms with Gasteiger partial charge in [0.1, 0.15) is 0 Å². The van der Waals surface area contributed by atoms with Crippen LogP contribution in [0, 0.1) is 0 Å². The molecule has 4 heteroatoms. The third kappa shape index (κ3) is 5.18. The molecule has 0 atom stereocenters. The Bertz CT molecular complexity index is 1990.